The molecule has 0 aliphatic carbocycles. The lowest BCUT2D eigenvalue weighted by atomic mass is 10.1. The predicted molar refractivity (Wildman–Crippen MR) is 92.1 cm³/mol. The molecule has 0 aromatic heterocycles. The minimum absolute atomic E-state index is 0.709. The smallest absolute Gasteiger partial charge is 0.0397 e. The predicted octanol–water partition coefficient (Wildman–Crippen LogP) is 2.88. The van der Waals surface area contributed by atoms with Gasteiger partial charge in [-0.1, -0.05) is 32.9 Å². The Hall–Kier alpha value is -1.06. The molecule has 1 heterocycles. The van der Waals surface area contributed by atoms with Crippen LogP contribution in [0.25, 0.3) is 0 Å². The van der Waals surface area contributed by atoms with Crippen molar-refractivity contribution in [3.05, 3.63) is 29.3 Å². The molecule has 1 saturated heterocycles. The quantitative estimate of drug-likeness (QED) is 0.869. The highest BCUT2D eigenvalue weighted by atomic mass is 15.3. The maximum atomic E-state index is 3.52. The van der Waals surface area contributed by atoms with E-state index in [1.54, 1.807) is 0 Å². The third-order valence-corrected chi connectivity index (χ3v) is 4.30. The van der Waals surface area contributed by atoms with E-state index in [1.165, 1.54) is 36.4 Å². The summed E-state index contributed by atoms with van der Waals surface area (Å²) in [6.45, 7) is 16.9. The van der Waals surface area contributed by atoms with Gasteiger partial charge in [0.05, 0.1) is 0 Å². The van der Waals surface area contributed by atoms with Crippen molar-refractivity contribution in [1.29, 1.82) is 0 Å². The van der Waals surface area contributed by atoms with Gasteiger partial charge in [0, 0.05) is 38.4 Å². The number of nitrogens with zero attached hydrogens (tertiary/aromatic N) is 2. The molecule has 0 unspecified atom stereocenters. The number of aryl methyl sites for hydroxylation is 1. The zero-order valence-corrected chi connectivity index (χ0v) is 14.2. The monoisotopic (exact) mass is 289 g/mol. The molecule has 0 saturated carbocycles. The molecule has 3 heteroatoms. The fourth-order valence-electron chi connectivity index (χ4n) is 2.99. The van der Waals surface area contributed by atoms with Crippen LogP contribution in [0.15, 0.2) is 18.2 Å². The number of anilines is 1. The van der Waals surface area contributed by atoms with E-state index in [-0.39, 0.29) is 0 Å². The first-order valence-corrected chi connectivity index (χ1v) is 8.37. The van der Waals surface area contributed by atoms with Crippen LogP contribution in [0.5, 0.6) is 0 Å². The van der Waals surface area contributed by atoms with Crippen molar-refractivity contribution >= 4 is 5.69 Å². The minimum Gasteiger partial charge on any atom is -0.369 e. The number of likely N-dealkylation sites (N-methyl/N-ethyl adjacent to an activating group) is 1. The Morgan fingerprint density at radius 1 is 1.14 bits per heavy atom. The Balaban J connectivity index is 1.93. The average molecular weight is 289 g/mol. The third kappa shape index (κ3) is 4.72. The first-order chi connectivity index (χ1) is 10.1. The number of benzene rings is 1. The highest BCUT2D eigenvalue weighted by Crippen LogP contribution is 2.22. The van der Waals surface area contributed by atoms with Crippen LogP contribution in [0.2, 0.25) is 0 Å². The van der Waals surface area contributed by atoms with Crippen molar-refractivity contribution in [3.8, 4) is 0 Å². The highest BCUT2D eigenvalue weighted by molar-refractivity contribution is 5.54. The van der Waals surface area contributed by atoms with Gasteiger partial charge >= 0.3 is 0 Å². The van der Waals surface area contributed by atoms with E-state index in [0.29, 0.717) is 5.92 Å². The second-order valence-corrected chi connectivity index (χ2v) is 6.57. The normalized spacial score (nSPS) is 16.7. The Kier molecular flexibility index (Phi) is 6.07. The van der Waals surface area contributed by atoms with E-state index in [0.717, 1.165) is 26.2 Å². The number of hydrogen-bond donors (Lipinski definition) is 1. The highest BCUT2D eigenvalue weighted by Gasteiger charge is 2.17. The van der Waals surface area contributed by atoms with Gasteiger partial charge in [-0.3, -0.25) is 0 Å². The van der Waals surface area contributed by atoms with Crippen molar-refractivity contribution in [1.82, 2.24) is 10.2 Å². The first kappa shape index (κ1) is 16.3. The number of hydrogen-bond acceptors (Lipinski definition) is 3. The van der Waals surface area contributed by atoms with Gasteiger partial charge in [0.15, 0.2) is 0 Å². The van der Waals surface area contributed by atoms with Crippen LogP contribution < -0.4 is 10.2 Å². The lowest BCUT2D eigenvalue weighted by molar-refractivity contribution is 0.271. The van der Waals surface area contributed by atoms with Crippen LogP contribution in [-0.4, -0.2) is 44.2 Å². The fourth-order valence-corrected chi connectivity index (χ4v) is 2.99. The molecule has 0 radical (unpaired) electrons. The Morgan fingerprint density at radius 3 is 2.43 bits per heavy atom. The molecule has 1 fully saturated rings. The fraction of sp³-hybridized carbons (Fsp3) is 0.667. The molecule has 0 spiro atoms. The maximum absolute atomic E-state index is 3.52. The van der Waals surface area contributed by atoms with E-state index in [2.05, 4.69) is 61.0 Å². The van der Waals surface area contributed by atoms with E-state index >= 15 is 0 Å². The minimum atomic E-state index is 0.709. The summed E-state index contributed by atoms with van der Waals surface area (Å²) in [7, 11) is 0. The first-order valence-electron chi connectivity index (χ1n) is 8.37. The van der Waals surface area contributed by atoms with Crippen LogP contribution >= 0.6 is 0 Å². The van der Waals surface area contributed by atoms with E-state index in [9.17, 15) is 0 Å². The summed E-state index contributed by atoms with van der Waals surface area (Å²) in [6.07, 6.45) is 0. The molecule has 2 rings (SSSR count). The molecule has 0 amide bonds. The van der Waals surface area contributed by atoms with Crippen molar-refractivity contribution in [2.24, 2.45) is 5.92 Å². The number of piperazine rings is 1. The molecule has 0 bridgehead atoms. The number of nitrogens with one attached hydrogen (secondary N) is 1. The van der Waals surface area contributed by atoms with Crippen molar-refractivity contribution < 1.29 is 0 Å². The SMILES string of the molecule is CCN1CCN(c2ccc(CNCC(C)C)cc2C)CC1. The molecule has 0 atom stereocenters. The zero-order chi connectivity index (χ0) is 15.2. The van der Waals surface area contributed by atoms with E-state index in [4.69, 9.17) is 0 Å². The summed E-state index contributed by atoms with van der Waals surface area (Å²) >= 11 is 0. The van der Waals surface area contributed by atoms with Crippen LogP contribution in [0.3, 0.4) is 0 Å². The standard InChI is InChI=1S/C18H31N3/c1-5-20-8-10-21(11-9-20)18-7-6-17(12-16(18)4)14-19-13-15(2)3/h6-7,12,15,19H,5,8-11,13-14H2,1-4H3. The molecule has 1 aromatic carbocycles. The van der Waals surface area contributed by atoms with Crippen molar-refractivity contribution in [2.45, 2.75) is 34.2 Å². The summed E-state index contributed by atoms with van der Waals surface area (Å²) in [5.41, 5.74) is 4.21. The van der Waals surface area contributed by atoms with Crippen LogP contribution in [0.4, 0.5) is 5.69 Å². The molecule has 21 heavy (non-hydrogen) atoms. The van der Waals surface area contributed by atoms with Gasteiger partial charge in [-0.05, 0) is 43.1 Å². The summed E-state index contributed by atoms with van der Waals surface area (Å²) in [4.78, 5) is 5.06. The summed E-state index contributed by atoms with van der Waals surface area (Å²) in [5.74, 6) is 0.709. The van der Waals surface area contributed by atoms with Gasteiger partial charge in [0.2, 0.25) is 0 Å². The summed E-state index contributed by atoms with van der Waals surface area (Å²) in [5, 5.41) is 3.52. The maximum Gasteiger partial charge on any atom is 0.0397 e. The second-order valence-electron chi connectivity index (χ2n) is 6.57. The van der Waals surface area contributed by atoms with Gasteiger partial charge in [-0.2, -0.15) is 0 Å². The lowest BCUT2D eigenvalue weighted by Crippen LogP contribution is -2.46. The molecule has 1 aliphatic heterocycles. The van der Waals surface area contributed by atoms with Gasteiger partial charge < -0.3 is 15.1 Å². The molecule has 1 aliphatic rings. The zero-order valence-electron chi connectivity index (χ0n) is 14.2. The largest absolute Gasteiger partial charge is 0.369 e. The van der Waals surface area contributed by atoms with Gasteiger partial charge in [-0.25, -0.2) is 0 Å². The van der Waals surface area contributed by atoms with Gasteiger partial charge in [0.1, 0.15) is 0 Å². The summed E-state index contributed by atoms with van der Waals surface area (Å²) in [6, 6.07) is 6.93. The average Bonchev–Trinajstić information content (AvgIpc) is 2.47. The van der Waals surface area contributed by atoms with Crippen LogP contribution in [-0.2, 0) is 6.54 Å². The molecular formula is C18H31N3. The van der Waals surface area contributed by atoms with E-state index < -0.39 is 0 Å². The lowest BCUT2D eigenvalue weighted by Gasteiger charge is -2.36. The van der Waals surface area contributed by atoms with Gasteiger partial charge in [0.25, 0.3) is 0 Å². The topological polar surface area (TPSA) is 18.5 Å². The van der Waals surface area contributed by atoms with Crippen molar-refractivity contribution in [2.75, 3.05) is 44.2 Å². The van der Waals surface area contributed by atoms with E-state index in [1.807, 2.05) is 0 Å². The second kappa shape index (κ2) is 7.81. The van der Waals surface area contributed by atoms with Crippen molar-refractivity contribution in [3.63, 3.8) is 0 Å². The van der Waals surface area contributed by atoms with Crippen LogP contribution in [0, 0.1) is 12.8 Å². The number of rotatable bonds is 6. The van der Waals surface area contributed by atoms with Crippen LogP contribution in [0.1, 0.15) is 31.9 Å². The molecule has 1 aromatic rings. The Labute approximate surface area is 130 Å². The molecule has 3 nitrogen and oxygen atoms in total. The Bertz CT molecular complexity index is 434. The molecule has 1 N–H and O–H groups in total. The summed E-state index contributed by atoms with van der Waals surface area (Å²) < 4.78 is 0. The van der Waals surface area contributed by atoms with Gasteiger partial charge in [-0.15, -0.1) is 0 Å². The third-order valence-electron chi connectivity index (χ3n) is 4.30. The Morgan fingerprint density at radius 2 is 1.86 bits per heavy atom. The molecule has 118 valence electrons. The molecular weight excluding hydrogens is 258 g/mol.